The zero-order chi connectivity index (χ0) is 18.1. The van der Waals surface area contributed by atoms with Crippen molar-refractivity contribution in [2.24, 2.45) is 0 Å². The number of hydrogen-bond acceptors (Lipinski definition) is 2. The molecule has 0 aromatic heterocycles. The third-order valence-electron chi connectivity index (χ3n) is 4.99. The Bertz CT molecular complexity index is 982. The van der Waals surface area contributed by atoms with E-state index in [2.05, 4.69) is 36.4 Å². The molecule has 0 spiro atoms. The molecule has 1 unspecified atom stereocenters. The van der Waals surface area contributed by atoms with Gasteiger partial charge in [0.2, 0.25) is 0 Å². The minimum absolute atomic E-state index is 0.0511. The average molecular weight is 340 g/mol. The van der Waals surface area contributed by atoms with Crippen molar-refractivity contribution < 1.29 is 9.53 Å². The molecule has 0 fully saturated rings. The van der Waals surface area contributed by atoms with E-state index in [1.54, 1.807) is 14.0 Å². The summed E-state index contributed by atoms with van der Waals surface area (Å²) in [7, 11) is 1.66. The molecule has 4 rings (SSSR count). The van der Waals surface area contributed by atoms with E-state index in [1.165, 1.54) is 5.56 Å². The fourth-order valence-electron chi connectivity index (χ4n) is 3.86. The van der Waals surface area contributed by atoms with Crippen LogP contribution < -0.4 is 4.74 Å². The molecule has 0 amide bonds. The number of rotatable bonds is 4. The summed E-state index contributed by atoms with van der Waals surface area (Å²) in [5.41, 5.74) is 6.43. The number of hydrogen-bond donors (Lipinski definition) is 0. The van der Waals surface area contributed by atoms with Crippen molar-refractivity contribution >= 4 is 11.4 Å². The van der Waals surface area contributed by atoms with Gasteiger partial charge < -0.3 is 4.74 Å². The topological polar surface area (TPSA) is 26.3 Å². The van der Waals surface area contributed by atoms with Crippen LogP contribution in [0.25, 0.3) is 5.57 Å². The van der Waals surface area contributed by atoms with Crippen molar-refractivity contribution in [2.75, 3.05) is 7.11 Å². The summed E-state index contributed by atoms with van der Waals surface area (Å²) in [6.45, 7) is 1.67. The molecule has 0 bridgehead atoms. The average Bonchev–Trinajstić information content (AvgIpc) is 3.04. The van der Waals surface area contributed by atoms with E-state index in [0.717, 1.165) is 33.6 Å². The van der Waals surface area contributed by atoms with Crippen molar-refractivity contribution in [1.82, 2.24) is 0 Å². The first kappa shape index (κ1) is 16.3. The van der Waals surface area contributed by atoms with Crippen LogP contribution in [0, 0.1) is 0 Å². The standard InChI is InChI=1S/C24H20O2/c1-16(25)22-23(17-8-4-3-5-9-17)20-10-6-7-11-21(20)24(22)18-12-14-19(26-2)15-13-18/h3-15,24H,1-2H3. The number of benzene rings is 3. The van der Waals surface area contributed by atoms with E-state index in [1.807, 2.05) is 42.5 Å². The summed E-state index contributed by atoms with van der Waals surface area (Å²) in [4.78, 5) is 12.7. The first-order valence-corrected chi connectivity index (χ1v) is 8.74. The van der Waals surface area contributed by atoms with Gasteiger partial charge in [0.05, 0.1) is 7.11 Å². The lowest BCUT2D eigenvalue weighted by Crippen LogP contribution is -2.08. The summed E-state index contributed by atoms with van der Waals surface area (Å²) in [5, 5.41) is 0. The molecular formula is C24H20O2. The zero-order valence-corrected chi connectivity index (χ0v) is 14.9. The molecule has 0 aliphatic heterocycles. The molecular weight excluding hydrogens is 320 g/mol. The maximum Gasteiger partial charge on any atom is 0.157 e. The smallest absolute Gasteiger partial charge is 0.157 e. The Kier molecular flexibility index (Phi) is 4.18. The van der Waals surface area contributed by atoms with Gasteiger partial charge in [-0.1, -0.05) is 66.7 Å². The zero-order valence-electron chi connectivity index (χ0n) is 14.9. The van der Waals surface area contributed by atoms with Crippen LogP contribution in [0.5, 0.6) is 5.75 Å². The lowest BCUT2D eigenvalue weighted by atomic mass is 9.86. The predicted molar refractivity (Wildman–Crippen MR) is 104 cm³/mol. The number of fused-ring (bicyclic) bond motifs is 1. The molecule has 0 saturated carbocycles. The van der Waals surface area contributed by atoms with Crippen LogP contribution in [0.15, 0.2) is 84.4 Å². The number of allylic oxidation sites excluding steroid dienone is 1. The van der Waals surface area contributed by atoms with Crippen molar-refractivity contribution in [1.29, 1.82) is 0 Å². The largest absolute Gasteiger partial charge is 0.497 e. The Morgan fingerprint density at radius 3 is 2.15 bits per heavy atom. The molecule has 26 heavy (non-hydrogen) atoms. The Morgan fingerprint density at radius 1 is 0.846 bits per heavy atom. The fourth-order valence-corrected chi connectivity index (χ4v) is 3.86. The lowest BCUT2D eigenvalue weighted by Gasteiger charge is -2.16. The minimum Gasteiger partial charge on any atom is -0.497 e. The summed E-state index contributed by atoms with van der Waals surface area (Å²) in [6.07, 6.45) is 0. The Labute approximate surface area is 153 Å². The highest BCUT2D eigenvalue weighted by molar-refractivity contribution is 6.09. The van der Waals surface area contributed by atoms with Crippen molar-refractivity contribution in [2.45, 2.75) is 12.8 Å². The first-order valence-electron chi connectivity index (χ1n) is 8.74. The minimum atomic E-state index is -0.0511. The van der Waals surface area contributed by atoms with Gasteiger partial charge in [-0.15, -0.1) is 0 Å². The molecule has 0 radical (unpaired) electrons. The van der Waals surface area contributed by atoms with Crippen LogP contribution in [0.3, 0.4) is 0 Å². The molecule has 0 saturated heterocycles. The van der Waals surface area contributed by atoms with Crippen molar-refractivity contribution in [3.8, 4) is 5.75 Å². The number of ether oxygens (including phenoxy) is 1. The van der Waals surface area contributed by atoms with Crippen LogP contribution in [0.4, 0.5) is 0 Å². The first-order chi connectivity index (χ1) is 12.7. The Hall–Kier alpha value is -3.13. The molecule has 1 aliphatic rings. The van der Waals surface area contributed by atoms with Gasteiger partial charge in [0, 0.05) is 11.5 Å². The number of carbonyl (C=O) groups is 1. The normalized spacial score (nSPS) is 15.7. The van der Waals surface area contributed by atoms with Crippen molar-refractivity contribution in [3.05, 3.63) is 107 Å². The van der Waals surface area contributed by atoms with Gasteiger partial charge in [-0.2, -0.15) is 0 Å². The van der Waals surface area contributed by atoms with Gasteiger partial charge in [-0.05, 0) is 46.9 Å². The van der Waals surface area contributed by atoms with Gasteiger partial charge in [0.15, 0.2) is 5.78 Å². The van der Waals surface area contributed by atoms with Crippen LogP contribution in [0.1, 0.15) is 35.1 Å². The number of Topliss-reactive ketones (excluding diaryl/α,β-unsaturated/α-hetero) is 1. The number of methoxy groups -OCH3 is 1. The van der Waals surface area contributed by atoms with Crippen LogP contribution in [-0.2, 0) is 4.79 Å². The molecule has 0 heterocycles. The molecule has 2 heteroatoms. The van der Waals surface area contributed by atoms with E-state index in [4.69, 9.17) is 4.74 Å². The van der Waals surface area contributed by atoms with Gasteiger partial charge >= 0.3 is 0 Å². The maximum atomic E-state index is 12.7. The third kappa shape index (κ3) is 2.64. The molecule has 0 N–H and O–H groups in total. The fraction of sp³-hybridized carbons (Fsp3) is 0.125. The Balaban J connectivity index is 1.97. The van der Waals surface area contributed by atoms with Gasteiger partial charge in [0.1, 0.15) is 5.75 Å². The van der Waals surface area contributed by atoms with Gasteiger partial charge in [-0.25, -0.2) is 0 Å². The van der Waals surface area contributed by atoms with E-state index >= 15 is 0 Å². The molecule has 128 valence electrons. The van der Waals surface area contributed by atoms with E-state index in [9.17, 15) is 4.79 Å². The second kappa shape index (κ2) is 6.64. The summed E-state index contributed by atoms with van der Waals surface area (Å²) in [6, 6.07) is 26.5. The number of carbonyl (C=O) groups excluding carboxylic acids is 1. The van der Waals surface area contributed by atoms with Crippen LogP contribution >= 0.6 is 0 Å². The highest BCUT2D eigenvalue weighted by Crippen LogP contribution is 2.48. The van der Waals surface area contributed by atoms with Crippen LogP contribution in [0.2, 0.25) is 0 Å². The quantitative estimate of drug-likeness (QED) is 0.650. The summed E-state index contributed by atoms with van der Waals surface area (Å²) >= 11 is 0. The Morgan fingerprint density at radius 2 is 1.50 bits per heavy atom. The monoisotopic (exact) mass is 340 g/mol. The van der Waals surface area contributed by atoms with E-state index < -0.39 is 0 Å². The third-order valence-corrected chi connectivity index (χ3v) is 4.99. The highest BCUT2D eigenvalue weighted by Gasteiger charge is 2.34. The summed E-state index contributed by atoms with van der Waals surface area (Å²) in [5.74, 6) is 0.877. The molecule has 1 aliphatic carbocycles. The SMILES string of the molecule is COc1ccc(C2C(C(C)=O)=C(c3ccccc3)c3ccccc32)cc1. The molecule has 3 aromatic carbocycles. The van der Waals surface area contributed by atoms with Crippen molar-refractivity contribution in [3.63, 3.8) is 0 Å². The highest BCUT2D eigenvalue weighted by atomic mass is 16.5. The van der Waals surface area contributed by atoms with Gasteiger partial charge in [-0.3, -0.25) is 4.79 Å². The number of ketones is 1. The maximum absolute atomic E-state index is 12.7. The molecule has 1 atom stereocenters. The molecule has 3 aromatic rings. The van der Waals surface area contributed by atoms with E-state index in [-0.39, 0.29) is 11.7 Å². The second-order valence-corrected chi connectivity index (χ2v) is 6.50. The van der Waals surface area contributed by atoms with Crippen LogP contribution in [-0.4, -0.2) is 12.9 Å². The van der Waals surface area contributed by atoms with Gasteiger partial charge in [0.25, 0.3) is 0 Å². The second-order valence-electron chi connectivity index (χ2n) is 6.50. The summed E-state index contributed by atoms with van der Waals surface area (Å²) < 4.78 is 5.29. The molecule has 2 nitrogen and oxygen atoms in total. The van der Waals surface area contributed by atoms with E-state index in [0.29, 0.717) is 0 Å². The predicted octanol–water partition coefficient (Wildman–Crippen LogP) is 5.23. The lowest BCUT2D eigenvalue weighted by molar-refractivity contribution is -0.113.